The number of amides is 1. The third-order valence-corrected chi connectivity index (χ3v) is 4.07. The molecule has 1 N–H and O–H groups in total. The maximum atomic E-state index is 12.1. The van der Waals surface area contributed by atoms with E-state index in [1.54, 1.807) is 7.11 Å². The first-order chi connectivity index (χ1) is 8.33. The number of hydrogen-bond acceptors (Lipinski definition) is 3. The molecule has 1 amide bonds. The number of carbonyl (C=O) groups excluding carboxylic acids is 1. The van der Waals surface area contributed by atoms with E-state index in [0.29, 0.717) is 19.2 Å². The van der Waals surface area contributed by atoms with Gasteiger partial charge in [0.15, 0.2) is 0 Å². The Hall–Kier alpha value is -0.320. The zero-order chi connectivity index (χ0) is 12.1. The van der Waals surface area contributed by atoms with Crippen LogP contribution in [0, 0.1) is 5.92 Å². The van der Waals surface area contributed by atoms with E-state index >= 15 is 0 Å². The lowest BCUT2D eigenvalue weighted by Crippen LogP contribution is -2.49. The van der Waals surface area contributed by atoms with E-state index in [2.05, 4.69) is 10.2 Å². The van der Waals surface area contributed by atoms with Gasteiger partial charge in [-0.25, -0.2) is 0 Å². The molecule has 0 aromatic rings. The zero-order valence-corrected chi connectivity index (χ0v) is 12.0. The van der Waals surface area contributed by atoms with Gasteiger partial charge in [0.05, 0.1) is 13.2 Å². The van der Waals surface area contributed by atoms with Crippen molar-refractivity contribution in [2.75, 3.05) is 33.4 Å². The summed E-state index contributed by atoms with van der Waals surface area (Å²) in [5.74, 6) is 1.06. The molecule has 1 aliphatic heterocycles. The average molecular weight is 277 g/mol. The second kappa shape index (κ2) is 7.97. The Kier molecular flexibility index (Phi) is 6.97. The number of nitrogens with zero attached hydrogens (tertiary/aromatic N) is 1. The summed E-state index contributed by atoms with van der Waals surface area (Å²) in [7, 11) is 1.68. The summed E-state index contributed by atoms with van der Waals surface area (Å²) in [6, 6.07) is 0.542. The van der Waals surface area contributed by atoms with Gasteiger partial charge >= 0.3 is 0 Å². The van der Waals surface area contributed by atoms with Gasteiger partial charge in [-0.3, -0.25) is 4.79 Å². The minimum atomic E-state index is 0. The number of methoxy groups -OCH3 is 1. The number of fused-ring (bicyclic) bond motifs is 1. The summed E-state index contributed by atoms with van der Waals surface area (Å²) in [6.07, 6.45) is 6.35. The fraction of sp³-hybridized carbons (Fsp3) is 0.923. The molecule has 2 rings (SSSR count). The second-order valence-electron chi connectivity index (χ2n) is 5.16. The van der Waals surface area contributed by atoms with Crippen LogP contribution in [-0.2, 0) is 9.53 Å². The fourth-order valence-corrected chi connectivity index (χ4v) is 3.23. The van der Waals surface area contributed by atoms with Crippen LogP contribution in [0.3, 0.4) is 0 Å². The molecular formula is C13H25ClN2O2. The van der Waals surface area contributed by atoms with Gasteiger partial charge in [0.25, 0.3) is 0 Å². The van der Waals surface area contributed by atoms with E-state index in [9.17, 15) is 4.79 Å². The minimum absolute atomic E-state index is 0. The molecule has 2 unspecified atom stereocenters. The number of hydrogen-bond donors (Lipinski definition) is 1. The van der Waals surface area contributed by atoms with Crippen molar-refractivity contribution in [2.45, 2.75) is 38.1 Å². The summed E-state index contributed by atoms with van der Waals surface area (Å²) in [6.45, 7) is 2.85. The first kappa shape index (κ1) is 15.7. The van der Waals surface area contributed by atoms with Gasteiger partial charge in [0.1, 0.15) is 0 Å². The largest absolute Gasteiger partial charge is 0.383 e. The Morgan fingerprint density at radius 1 is 1.33 bits per heavy atom. The molecule has 2 aliphatic rings. The molecule has 106 valence electrons. The molecule has 0 spiro atoms. The van der Waals surface area contributed by atoms with Gasteiger partial charge < -0.3 is 15.0 Å². The summed E-state index contributed by atoms with van der Waals surface area (Å²) in [4.78, 5) is 14.3. The van der Waals surface area contributed by atoms with Crippen LogP contribution >= 0.6 is 12.4 Å². The normalized spacial score (nSPS) is 26.6. The maximum absolute atomic E-state index is 12.1. The second-order valence-corrected chi connectivity index (χ2v) is 5.16. The molecule has 1 aliphatic carbocycles. The molecule has 2 atom stereocenters. The molecule has 0 bridgehead atoms. The third-order valence-electron chi connectivity index (χ3n) is 4.07. The number of carbonyl (C=O) groups is 1. The number of nitrogens with one attached hydrogen (secondary N) is 1. The highest BCUT2D eigenvalue weighted by molar-refractivity contribution is 5.85. The number of rotatable bonds is 5. The molecular weight excluding hydrogens is 252 g/mol. The first-order valence-electron chi connectivity index (χ1n) is 6.82. The monoisotopic (exact) mass is 276 g/mol. The molecule has 1 saturated heterocycles. The minimum Gasteiger partial charge on any atom is -0.383 e. The number of halogens is 1. The van der Waals surface area contributed by atoms with Gasteiger partial charge in [-0.05, 0) is 31.6 Å². The topological polar surface area (TPSA) is 41.6 Å². The van der Waals surface area contributed by atoms with Crippen molar-refractivity contribution in [1.29, 1.82) is 0 Å². The van der Waals surface area contributed by atoms with Gasteiger partial charge in [-0.15, -0.1) is 12.4 Å². The van der Waals surface area contributed by atoms with Crippen molar-refractivity contribution >= 4 is 18.3 Å². The van der Waals surface area contributed by atoms with Crippen molar-refractivity contribution < 1.29 is 9.53 Å². The van der Waals surface area contributed by atoms with Gasteiger partial charge in [0, 0.05) is 26.2 Å². The lowest BCUT2D eigenvalue weighted by atomic mass is 9.92. The van der Waals surface area contributed by atoms with Crippen molar-refractivity contribution in [3.8, 4) is 0 Å². The Bertz CT molecular complexity index is 263. The van der Waals surface area contributed by atoms with Crippen LogP contribution in [0.4, 0.5) is 0 Å². The molecule has 1 saturated carbocycles. The summed E-state index contributed by atoms with van der Waals surface area (Å²) in [5, 5.41) is 3.15. The highest BCUT2D eigenvalue weighted by Crippen LogP contribution is 2.36. The third kappa shape index (κ3) is 3.84. The predicted molar refractivity (Wildman–Crippen MR) is 74.1 cm³/mol. The quantitative estimate of drug-likeness (QED) is 0.773. The van der Waals surface area contributed by atoms with E-state index in [1.807, 2.05) is 0 Å². The lowest BCUT2D eigenvalue weighted by Gasteiger charge is -2.37. The Labute approximate surface area is 116 Å². The lowest BCUT2D eigenvalue weighted by molar-refractivity contribution is -0.134. The van der Waals surface area contributed by atoms with Crippen molar-refractivity contribution in [2.24, 2.45) is 5.92 Å². The number of piperidine rings is 1. The van der Waals surface area contributed by atoms with Gasteiger partial charge in [-0.1, -0.05) is 6.42 Å². The fourth-order valence-electron chi connectivity index (χ4n) is 3.23. The van der Waals surface area contributed by atoms with Crippen molar-refractivity contribution in [1.82, 2.24) is 10.2 Å². The Balaban J connectivity index is 0.00000162. The van der Waals surface area contributed by atoms with Crippen molar-refractivity contribution in [3.63, 3.8) is 0 Å². The summed E-state index contributed by atoms with van der Waals surface area (Å²) >= 11 is 0. The van der Waals surface area contributed by atoms with Crippen LogP contribution in [0.15, 0.2) is 0 Å². The molecule has 4 nitrogen and oxygen atoms in total. The van der Waals surface area contributed by atoms with E-state index in [4.69, 9.17) is 4.74 Å². The van der Waals surface area contributed by atoms with E-state index in [1.165, 1.54) is 32.1 Å². The van der Waals surface area contributed by atoms with Gasteiger partial charge in [-0.2, -0.15) is 0 Å². The molecule has 0 aromatic heterocycles. The van der Waals surface area contributed by atoms with Crippen LogP contribution in [0.1, 0.15) is 32.1 Å². The van der Waals surface area contributed by atoms with Crippen LogP contribution in [-0.4, -0.2) is 50.2 Å². The summed E-state index contributed by atoms with van der Waals surface area (Å²) < 4.78 is 4.95. The molecule has 5 heteroatoms. The van der Waals surface area contributed by atoms with Crippen LogP contribution in [0.2, 0.25) is 0 Å². The Morgan fingerprint density at radius 3 is 2.89 bits per heavy atom. The average Bonchev–Trinajstić information content (AvgIpc) is 2.82. The van der Waals surface area contributed by atoms with Crippen LogP contribution in [0.5, 0.6) is 0 Å². The predicted octanol–water partition coefficient (Wildman–Crippen LogP) is 1.44. The summed E-state index contributed by atoms with van der Waals surface area (Å²) in [5.41, 5.74) is 0. The SMILES string of the molecule is COCCNCC(=O)N1CCCC2CCCC21.Cl. The molecule has 2 fully saturated rings. The van der Waals surface area contributed by atoms with E-state index in [0.717, 1.165) is 19.0 Å². The van der Waals surface area contributed by atoms with Crippen molar-refractivity contribution in [3.05, 3.63) is 0 Å². The highest BCUT2D eigenvalue weighted by atomic mass is 35.5. The molecule has 18 heavy (non-hydrogen) atoms. The Morgan fingerprint density at radius 2 is 2.11 bits per heavy atom. The highest BCUT2D eigenvalue weighted by Gasteiger charge is 2.36. The standard InChI is InChI=1S/C13H24N2O2.ClH/c1-17-9-7-14-10-13(16)15-8-3-5-11-4-2-6-12(11)15;/h11-12,14H,2-10H2,1H3;1H. The number of ether oxygens (including phenoxy) is 1. The molecule has 0 radical (unpaired) electrons. The maximum Gasteiger partial charge on any atom is 0.236 e. The van der Waals surface area contributed by atoms with E-state index in [-0.39, 0.29) is 18.3 Å². The zero-order valence-electron chi connectivity index (χ0n) is 11.2. The van der Waals surface area contributed by atoms with Crippen LogP contribution in [0.25, 0.3) is 0 Å². The molecule has 1 heterocycles. The van der Waals surface area contributed by atoms with Gasteiger partial charge in [0.2, 0.25) is 5.91 Å². The first-order valence-corrected chi connectivity index (χ1v) is 6.82. The van der Waals surface area contributed by atoms with E-state index < -0.39 is 0 Å². The molecule has 0 aromatic carbocycles. The number of likely N-dealkylation sites (tertiary alicyclic amines) is 1. The smallest absolute Gasteiger partial charge is 0.236 e. The van der Waals surface area contributed by atoms with Crippen LogP contribution < -0.4 is 5.32 Å².